The zero-order valence-electron chi connectivity index (χ0n) is 25.6. The average Bonchev–Trinajstić information content (AvgIpc) is 3.61. The lowest BCUT2D eigenvalue weighted by Gasteiger charge is -2.37. The Labute approximate surface area is 260 Å². The van der Waals surface area contributed by atoms with Crippen LogP contribution in [0.15, 0.2) is 164 Å². The van der Waals surface area contributed by atoms with E-state index in [-0.39, 0.29) is 5.16 Å². The fraction of sp³-hybridized carbons (Fsp3) is 0.154. The van der Waals surface area contributed by atoms with Gasteiger partial charge in [-0.2, -0.15) is 0 Å². The average molecular weight is 577 g/mol. The Morgan fingerprint density at radius 1 is 0.674 bits per heavy atom. The maximum atomic E-state index is 4.42. The smallest absolute Gasteiger partial charge is 0.206 e. The molecule has 43 heavy (non-hydrogen) atoms. The molecule has 0 aliphatic heterocycles. The second kappa shape index (κ2) is 14.7. The van der Waals surface area contributed by atoms with Gasteiger partial charge in [-0.05, 0) is 29.0 Å². The molecule has 6 rings (SSSR count). The molecule has 4 heteroatoms. The quantitative estimate of drug-likeness (QED) is 0.186. The van der Waals surface area contributed by atoms with Crippen molar-refractivity contribution in [3.8, 4) is 0 Å². The van der Waals surface area contributed by atoms with E-state index in [2.05, 4.69) is 182 Å². The van der Waals surface area contributed by atoms with Crippen LogP contribution in [0.25, 0.3) is 0 Å². The largest absolute Gasteiger partial charge is 0.326 e. The SMILES string of the molecule is CB(c1ccccc1)c1ccccc1.CC(C)Cc1cccc([SiH2]C(c2ccccc2)(c2ccccc2)n2ccnc2)c1. The summed E-state index contributed by atoms with van der Waals surface area (Å²) in [5.74, 6) is 0.661. The summed E-state index contributed by atoms with van der Waals surface area (Å²) >= 11 is 0. The molecule has 6 aromatic rings. The number of benzene rings is 5. The van der Waals surface area contributed by atoms with Gasteiger partial charge in [0.15, 0.2) is 0 Å². The highest BCUT2D eigenvalue weighted by molar-refractivity contribution is 6.84. The summed E-state index contributed by atoms with van der Waals surface area (Å²) in [5.41, 5.74) is 6.83. The minimum Gasteiger partial charge on any atom is -0.326 e. The van der Waals surface area contributed by atoms with Crippen molar-refractivity contribution in [2.45, 2.75) is 32.3 Å². The molecule has 0 amide bonds. The van der Waals surface area contributed by atoms with Crippen LogP contribution in [0.5, 0.6) is 0 Å². The van der Waals surface area contributed by atoms with Crippen molar-refractivity contribution < 1.29 is 0 Å². The predicted octanol–water partition coefficient (Wildman–Crippen LogP) is 6.25. The van der Waals surface area contributed by atoms with Crippen LogP contribution in [0, 0.1) is 5.92 Å². The minimum atomic E-state index is -0.802. The lowest BCUT2D eigenvalue weighted by molar-refractivity contribution is 0.596. The number of nitrogens with zero attached hydrogens (tertiary/aromatic N) is 2. The Morgan fingerprint density at radius 3 is 1.65 bits per heavy atom. The molecule has 1 aromatic heterocycles. The maximum absolute atomic E-state index is 4.42. The van der Waals surface area contributed by atoms with Gasteiger partial charge in [0.2, 0.25) is 6.71 Å². The van der Waals surface area contributed by atoms with Gasteiger partial charge in [-0.25, -0.2) is 4.98 Å². The van der Waals surface area contributed by atoms with E-state index in [9.17, 15) is 0 Å². The summed E-state index contributed by atoms with van der Waals surface area (Å²) in [6.07, 6.45) is 7.11. The molecule has 0 saturated heterocycles. The summed E-state index contributed by atoms with van der Waals surface area (Å²) in [5, 5.41) is 1.26. The number of aromatic nitrogens is 2. The van der Waals surface area contributed by atoms with E-state index in [0.29, 0.717) is 12.6 Å². The molecule has 0 spiro atoms. The van der Waals surface area contributed by atoms with E-state index < -0.39 is 9.52 Å². The van der Waals surface area contributed by atoms with Crippen molar-refractivity contribution in [3.63, 3.8) is 0 Å². The first-order valence-electron chi connectivity index (χ1n) is 15.3. The Kier molecular flexibility index (Phi) is 10.3. The monoisotopic (exact) mass is 576 g/mol. The van der Waals surface area contributed by atoms with Gasteiger partial charge in [-0.3, -0.25) is 0 Å². The lowest BCUT2D eigenvalue weighted by Crippen LogP contribution is -2.46. The van der Waals surface area contributed by atoms with Crippen LogP contribution in [0.1, 0.15) is 30.5 Å². The summed E-state index contributed by atoms with van der Waals surface area (Å²) < 4.78 is 2.32. The molecule has 1 heterocycles. The molecular weight excluding hydrogens is 535 g/mol. The first-order valence-corrected chi connectivity index (χ1v) is 16.7. The number of hydrogen-bond donors (Lipinski definition) is 0. The van der Waals surface area contributed by atoms with E-state index in [1.54, 1.807) is 0 Å². The molecule has 0 radical (unpaired) electrons. The molecule has 0 atom stereocenters. The van der Waals surface area contributed by atoms with Crippen molar-refractivity contribution in [3.05, 3.63) is 181 Å². The first-order chi connectivity index (χ1) is 21.1. The Balaban J connectivity index is 0.000000220. The highest BCUT2D eigenvalue weighted by Crippen LogP contribution is 2.33. The Morgan fingerprint density at radius 2 is 1.19 bits per heavy atom. The van der Waals surface area contributed by atoms with E-state index in [4.69, 9.17) is 0 Å². The van der Waals surface area contributed by atoms with Gasteiger partial charge in [0.05, 0.1) is 21.0 Å². The van der Waals surface area contributed by atoms with E-state index in [1.165, 1.54) is 32.8 Å². The van der Waals surface area contributed by atoms with Crippen molar-refractivity contribution in [1.82, 2.24) is 9.55 Å². The zero-order chi connectivity index (χ0) is 29.9. The van der Waals surface area contributed by atoms with Gasteiger partial charge in [-0.15, -0.1) is 0 Å². The molecule has 0 saturated carbocycles. The third-order valence-electron chi connectivity index (χ3n) is 8.14. The molecule has 5 aromatic carbocycles. The normalized spacial score (nSPS) is 11.3. The van der Waals surface area contributed by atoms with E-state index >= 15 is 0 Å². The fourth-order valence-corrected chi connectivity index (χ4v) is 8.44. The van der Waals surface area contributed by atoms with Crippen LogP contribution in [0.4, 0.5) is 0 Å². The maximum Gasteiger partial charge on any atom is 0.206 e. The molecule has 0 bridgehead atoms. The van der Waals surface area contributed by atoms with Crippen molar-refractivity contribution in [1.29, 1.82) is 0 Å². The summed E-state index contributed by atoms with van der Waals surface area (Å²) in [6, 6.07) is 52.3. The highest BCUT2D eigenvalue weighted by Gasteiger charge is 2.36. The highest BCUT2D eigenvalue weighted by atomic mass is 28.2. The molecule has 0 aliphatic carbocycles. The molecule has 0 aliphatic rings. The van der Waals surface area contributed by atoms with Crippen LogP contribution in [-0.2, 0) is 11.6 Å². The van der Waals surface area contributed by atoms with Crippen LogP contribution in [-0.4, -0.2) is 25.8 Å². The molecular formula is C39H41BN2Si. The van der Waals surface area contributed by atoms with Crippen molar-refractivity contribution in [2.24, 2.45) is 5.92 Å². The fourth-order valence-electron chi connectivity index (χ4n) is 5.98. The second-order valence-electron chi connectivity index (χ2n) is 11.7. The third-order valence-corrected chi connectivity index (χ3v) is 10.7. The van der Waals surface area contributed by atoms with Crippen LogP contribution < -0.4 is 16.1 Å². The summed E-state index contributed by atoms with van der Waals surface area (Å²) in [4.78, 5) is 4.42. The van der Waals surface area contributed by atoms with Gasteiger partial charge in [0, 0.05) is 12.4 Å². The van der Waals surface area contributed by atoms with Gasteiger partial charge in [0.25, 0.3) is 0 Å². The number of rotatable bonds is 9. The van der Waals surface area contributed by atoms with Crippen molar-refractivity contribution in [2.75, 3.05) is 0 Å². The second-order valence-corrected chi connectivity index (χ2v) is 13.9. The number of imidazole rings is 1. The van der Waals surface area contributed by atoms with Crippen molar-refractivity contribution >= 4 is 32.3 Å². The zero-order valence-corrected chi connectivity index (χ0v) is 27.0. The summed E-state index contributed by atoms with van der Waals surface area (Å²) in [6.45, 7) is 7.30. The minimum absolute atomic E-state index is 0.213. The van der Waals surface area contributed by atoms with Gasteiger partial charge in [-0.1, -0.05) is 182 Å². The van der Waals surface area contributed by atoms with Crippen LogP contribution in [0.3, 0.4) is 0 Å². The molecule has 0 unspecified atom stereocenters. The first kappa shape index (κ1) is 30.1. The Hall–Kier alpha value is -4.41. The topological polar surface area (TPSA) is 17.8 Å². The molecule has 2 nitrogen and oxygen atoms in total. The lowest BCUT2D eigenvalue weighted by atomic mass is 9.43. The van der Waals surface area contributed by atoms with Crippen LogP contribution in [0.2, 0.25) is 6.82 Å². The van der Waals surface area contributed by atoms with Gasteiger partial charge < -0.3 is 4.57 Å². The Bertz CT molecular complexity index is 1560. The third kappa shape index (κ3) is 7.52. The van der Waals surface area contributed by atoms with Crippen LogP contribution >= 0.6 is 0 Å². The number of hydrogen-bond acceptors (Lipinski definition) is 1. The van der Waals surface area contributed by atoms with Gasteiger partial charge in [0.1, 0.15) is 0 Å². The molecule has 0 N–H and O–H groups in total. The summed E-state index contributed by atoms with van der Waals surface area (Å²) in [7, 11) is -0.802. The predicted molar refractivity (Wildman–Crippen MR) is 188 cm³/mol. The standard InChI is InChI=1S/C26H28N2Si.C13H13B/c1-21(2)18-22-10-9-15-25(19-22)29-26(28-17-16-27-20-28,23-11-5-3-6-12-23)24-13-7-4-8-14-24;1-14(12-8-4-2-5-9-12)13-10-6-3-7-11-13/h3-17,19-21H,18,29H2,1-2H3;2-11H,1H3. The van der Waals surface area contributed by atoms with E-state index in [0.717, 1.165) is 6.42 Å². The van der Waals surface area contributed by atoms with E-state index in [1.807, 2.05) is 12.5 Å². The molecule has 0 fully saturated rings. The van der Waals surface area contributed by atoms with Gasteiger partial charge >= 0.3 is 0 Å². The molecule has 214 valence electrons.